The van der Waals surface area contributed by atoms with Crippen LogP contribution in [-0.2, 0) is 6.54 Å². The van der Waals surface area contributed by atoms with Crippen molar-refractivity contribution in [1.82, 2.24) is 4.90 Å². The molecule has 0 radical (unpaired) electrons. The molecule has 0 spiro atoms. The first-order valence-corrected chi connectivity index (χ1v) is 11.3. The molecule has 4 rings (SSSR count). The highest BCUT2D eigenvalue weighted by Gasteiger charge is 2.34. The number of amides is 3. The van der Waals surface area contributed by atoms with E-state index in [0.717, 1.165) is 50.0 Å². The van der Waals surface area contributed by atoms with Gasteiger partial charge in [-0.1, -0.05) is 30.3 Å². The lowest BCUT2D eigenvalue weighted by atomic mass is 10.1. The molecule has 3 amide bonds. The molecule has 0 bridgehead atoms. The molecule has 31 heavy (non-hydrogen) atoms. The molecule has 1 saturated carbocycles. The largest absolute Gasteiger partial charge is 0.370 e. The smallest absolute Gasteiger partial charge is 0.322 e. The first-order chi connectivity index (χ1) is 15.0. The molecule has 2 aromatic rings. The van der Waals surface area contributed by atoms with Crippen LogP contribution in [0.5, 0.6) is 0 Å². The minimum absolute atomic E-state index is 0.136. The number of primary amides is 1. The van der Waals surface area contributed by atoms with Gasteiger partial charge in [-0.05, 0) is 68.7 Å². The van der Waals surface area contributed by atoms with Gasteiger partial charge in [0.2, 0.25) is 5.91 Å². The molecule has 1 aliphatic carbocycles. The second kappa shape index (κ2) is 9.41. The van der Waals surface area contributed by atoms with Crippen molar-refractivity contribution >= 4 is 23.3 Å². The van der Waals surface area contributed by atoms with Gasteiger partial charge in [0.25, 0.3) is 0 Å². The van der Waals surface area contributed by atoms with Gasteiger partial charge >= 0.3 is 6.03 Å². The Hall–Kier alpha value is -3.02. The molecule has 3 N–H and O–H groups in total. The average Bonchev–Trinajstić information content (AvgIpc) is 3.64. The van der Waals surface area contributed by atoms with Crippen LogP contribution < -0.4 is 16.0 Å². The summed E-state index contributed by atoms with van der Waals surface area (Å²) in [6, 6.07) is 15.5. The highest BCUT2D eigenvalue weighted by Crippen LogP contribution is 2.36. The minimum atomic E-state index is -0.492. The number of piperidine rings is 1. The number of nitrogens with two attached hydrogens (primary N) is 1. The molecule has 1 unspecified atom stereocenters. The Bertz CT molecular complexity index is 920. The summed E-state index contributed by atoms with van der Waals surface area (Å²) in [5, 5.41) is 3.12. The van der Waals surface area contributed by atoms with E-state index in [9.17, 15) is 9.59 Å². The van der Waals surface area contributed by atoms with Crippen molar-refractivity contribution in [2.45, 2.75) is 51.6 Å². The van der Waals surface area contributed by atoms with E-state index in [1.54, 1.807) is 12.1 Å². The van der Waals surface area contributed by atoms with E-state index in [4.69, 9.17) is 5.73 Å². The van der Waals surface area contributed by atoms with E-state index in [-0.39, 0.29) is 12.1 Å². The lowest BCUT2D eigenvalue weighted by Crippen LogP contribution is -2.42. The molecular formula is C25H32N4O2. The molecule has 2 fully saturated rings. The number of nitrogens with one attached hydrogen (secondary N) is 1. The Kier molecular flexibility index (Phi) is 6.44. The van der Waals surface area contributed by atoms with Crippen molar-refractivity contribution in [3.8, 4) is 0 Å². The number of nitrogens with zero attached hydrogens (tertiary/aromatic N) is 2. The number of rotatable bonds is 7. The van der Waals surface area contributed by atoms with Gasteiger partial charge in [-0.25, -0.2) is 4.79 Å². The molecule has 2 aliphatic rings. The fraction of sp³-hybridized carbons (Fsp3) is 0.440. The van der Waals surface area contributed by atoms with Gasteiger partial charge in [-0.15, -0.1) is 0 Å². The van der Waals surface area contributed by atoms with Crippen LogP contribution in [0, 0.1) is 5.92 Å². The Morgan fingerprint density at radius 1 is 1.10 bits per heavy atom. The Balaban J connectivity index is 1.60. The summed E-state index contributed by atoms with van der Waals surface area (Å²) in [7, 11) is 0. The van der Waals surface area contributed by atoms with E-state index in [0.29, 0.717) is 23.7 Å². The van der Waals surface area contributed by atoms with Crippen molar-refractivity contribution in [3.05, 3.63) is 59.7 Å². The summed E-state index contributed by atoms with van der Waals surface area (Å²) in [5.41, 5.74) is 8.64. The third-order valence-electron chi connectivity index (χ3n) is 6.47. The van der Waals surface area contributed by atoms with Crippen LogP contribution >= 0.6 is 0 Å². The van der Waals surface area contributed by atoms with Crippen LogP contribution in [0.3, 0.4) is 0 Å². The average molecular weight is 421 g/mol. The van der Waals surface area contributed by atoms with E-state index in [1.807, 2.05) is 41.3 Å². The maximum atomic E-state index is 13.5. The predicted molar refractivity (Wildman–Crippen MR) is 124 cm³/mol. The van der Waals surface area contributed by atoms with Crippen LogP contribution in [0.25, 0.3) is 0 Å². The molecule has 1 atom stereocenters. The van der Waals surface area contributed by atoms with Crippen LogP contribution in [0.2, 0.25) is 0 Å². The highest BCUT2D eigenvalue weighted by molar-refractivity contribution is 5.99. The minimum Gasteiger partial charge on any atom is -0.370 e. The van der Waals surface area contributed by atoms with E-state index < -0.39 is 5.91 Å². The molecule has 164 valence electrons. The van der Waals surface area contributed by atoms with E-state index in [2.05, 4.69) is 17.1 Å². The standard InChI is InChI=1S/C25H32N4O2/c1-18(20-10-11-20)29(17-19-8-4-2-5-9-19)25(31)27-22-16-21(24(26)30)12-13-23(22)28-14-6-3-7-15-28/h2,4-5,8-9,12-13,16,18,20H,3,6-7,10-11,14-15,17H2,1H3,(H2,26,30)(H,27,31). The van der Waals surface area contributed by atoms with E-state index in [1.165, 1.54) is 6.42 Å². The number of hydrogen-bond donors (Lipinski definition) is 2. The summed E-state index contributed by atoms with van der Waals surface area (Å²) in [6.07, 6.45) is 5.81. The Labute approximate surface area is 184 Å². The first kappa shape index (κ1) is 21.2. The molecule has 1 heterocycles. The summed E-state index contributed by atoms with van der Waals surface area (Å²) in [4.78, 5) is 29.5. The van der Waals surface area contributed by atoms with Gasteiger partial charge in [0, 0.05) is 31.2 Å². The summed E-state index contributed by atoms with van der Waals surface area (Å²) >= 11 is 0. The van der Waals surface area contributed by atoms with Crippen molar-refractivity contribution < 1.29 is 9.59 Å². The lowest BCUT2D eigenvalue weighted by Gasteiger charge is -2.33. The molecule has 1 aliphatic heterocycles. The monoisotopic (exact) mass is 420 g/mol. The Morgan fingerprint density at radius 2 is 1.81 bits per heavy atom. The van der Waals surface area contributed by atoms with Gasteiger partial charge < -0.3 is 20.9 Å². The van der Waals surface area contributed by atoms with Gasteiger partial charge in [-0.3, -0.25) is 4.79 Å². The second-order valence-corrected chi connectivity index (χ2v) is 8.77. The molecule has 0 aromatic heterocycles. The number of anilines is 2. The van der Waals surface area contributed by atoms with Crippen LogP contribution in [0.4, 0.5) is 16.2 Å². The number of carbonyl (C=O) groups is 2. The maximum Gasteiger partial charge on any atom is 0.322 e. The maximum absolute atomic E-state index is 13.5. The zero-order valence-corrected chi connectivity index (χ0v) is 18.2. The molecular weight excluding hydrogens is 388 g/mol. The number of urea groups is 1. The zero-order valence-electron chi connectivity index (χ0n) is 18.2. The zero-order chi connectivity index (χ0) is 21.8. The third kappa shape index (κ3) is 5.19. The highest BCUT2D eigenvalue weighted by atomic mass is 16.2. The van der Waals surface area contributed by atoms with E-state index >= 15 is 0 Å². The quantitative estimate of drug-likeness (QED) is 0.687. The molecule has 2 aromatic carbocycles. The summed E-state index contributed by atoms with van der Waals surface area (Å²) in [6.45, 7) is 4.58. The molecule has 1 saturated heterocycles. The second-order valence-electron chi connectivity index (χ2n) is 8.77. The van der Waals surface area contributed by atoms with Gasteiger partial charge in [-0.2, -0.15) is 0 Å². The number of benzene rings is 2. The van der Waals surface area contributed by atoms with Crippen LogP contribution in [-0.4, -0.2) is 36.0 Å². The van der Waals surface area contributed by atoms with Crippen LogP contribution in [0.15, 0.2) is 48.5 Å². The van der Waals surface area contributed by atoms with Crippen molar-refractivity contribution in [1.29, 1.82) is 0 Å². The van der Waals surface area contributed by atoms with Crippen molar-refractivity contribution in [2.75, 3.05) is 23.3 Å². The Morgan fingerprint density at radius 3 is 2.45 bits per heavy atom. The number of carbonyl (C=O) groups excluding carboxylic acids is 2. The summed E-state index contributed by atoms with van der Waals surface area (Å²) in [5.74, 6) is 0.0566. The van der Waals surface area contributed by atoms with Crippen molar-refractivity contribution in [2.24, 2.45) is 11.7 Å². The topological polar surface area (TPSA) is 78.7 Å². The molecule has 6 nitrogen and oxygen atoms in total. The fourth-order valence-corrected chi connectivity index (χ4v) is 4.40. The first-order valence-electron chi connectivity index (χ1n) is 11.3. The normalized spacial score (nSPS) is 17.1. The lowest BCUT2D eigenvalue weighted by molar-refractivity contribution is 0.1000. The van der Waals surface area contributed by atoms with Gasteiger partial charge in [0.05, 0.1) is 11.4 Å². The van der Waals surface area contributed by atoms with Gasteiger partial charge in [0.15, 0.2) is 0 Å². The van der Waals surface area contributed by atoms with Crippen LogP contribution in [0.1, 0.15) is 54.9 Å². The third-order valence-corrected chi connectivity index (χ3v) is 6.47. The van der Waals surface area contributed by atoms with Crippen molar-refractivity contribution in [3.63, 3.8) is 0 Å². The summed E-state index contributed by atoms with van der Waals surface area (Å²) < 4.78 is 0. The predicted octanol–water partition coefficient (Wildman–Crippen LogP) is 4.61. The van der Waals surface area contributed by atoms with Gasteiger partial charge in [0.1, 0.15) is 0 Å². The molecule has 6 heteroatoms. The fourth-order valence-electron chi connectivity index (χ4n) is 4.40. The number of hydrogen-bond acceptors (Lipinski definition) is 3. The SMILES string of the molecule is CC(C1CC1)N(Cc1ccccc1)C(=O)Nc1cc(C(N)=O)ccc1N1CCCCC1.